The third-order valence-corrected chi connectivity index (χ3v) is 4.09. The van der Waals surface area contributed by atoms with Crippen LogP contribution in [0.15, 0.2) is 29.6 Å². The lowest BCUT2D eigenvalue weighted by Crippen LogP contribution is -2.22. The largest absolute Gasteiger partial charge is 0.488 e. The highest BCUT2D eigenvalue weighted by Gasteiger charge is 2.24. The van der Waals surface area contributed by atoms with Crippen molar-refractivity contribution in [3.63, 3.8) is 0 Å². The van der Waals surface area contributed by atoms with E-state index in [4.69, 9.17) is 14.6 Å². The number of carboxylic acid groups (broad SMARTS) is 1. The molecule has 0 bridgehead atoms. The first-order valence-electron chi connectivity index (χ1n) is 6.33. The lowest BCUT2D eigenvalue weighted by Gasteiger charge is -2.11. The fraction of sp³-hybridized carbons (Fsp3) is 0.267. The molecule has 1 aromatic carbocycles. The molecule has 1 aliphatic heterocycles. The van der Waals surface area contributed by atoms with Crippen LogP contribution in [0.5, 0.6) is 11.5 Å². The van der Waals surface area contributed by atoms with Crippen molar-refractivity contribution in [2.75, 3.05) is 6.61 Å². The Morgan fingerprint density at radius 2 is 2.35 bits per heavy atom. The van der Waals surface area contributed by atoms with Gasteiger partial charge in [-0.2, -0.15) is 0 Å². The van der Waals surface area contributed by atoms with Gasteiger partial charge >= 0.3 is 5.97 Å². The molecular weight excluding hydrogens is 276 g/mol. The van der Waals surface area contributed by atoms with Crippen molar-refractivity contribution in [1.82, 2.24) is 0 Å². The Kier molecular flexibility index (Phi) is 3.36. The van der Waals surface area contributed by atoms with Crippen molar-refractivity contribution in [2.45, 2.75) is 19.4 Å². The highest BCUT2D eigenvalue weighted by molar-refractivity contribution is 7.12. The van der Waals surface area contributed by atoms with E-state index in [9.17, 15) is 4.79 Å². The van der Waals surface area contributed by atoms with Gasteiger partial charge in [0.05, 0.1) is 0 Å². The molecule has 104 valence electrons. The molecule has 0 spiro atoms. The van der Waals surface area contributed by atoms with E-state index in [0.717, 1.165) is 23.5 Å². The van der Waals surface area contributed by atoms with E-state index in [1.165, 1.54) is 11.1 Å². The van der Waals surface area contributed by atoms with Gasteiger partial charge in [0.15, 0.2) is 4.88 Å². The topological polar surface area (TPSA) is 55.8 Å². The van der Waals surface area contributed by atoms with Crippen LogP contribution < -0.4 is 9.47 Å². The highest BCUT2D eigenvalue weighted by atomic mass is 32.1. The quantitative estimate of drug-likeness (QED) is 0.940. The SMILES string of the molecule is Cc1ccc2c(c1)CC(COc1ccsc1C(=O)O)O2. The Morgan fingerprint density at radius 3 is 3.15 bits per heavy atom. The Labute approximate surface area is 120 Å². The number of aromatic carboxylic acids is 1. The number of aryl methyl sites for hydroxylation is 1. The van der Waals surface area contributed by atoms with Crippen molar-refractivity contribution < 1.29 is 19.4 Å². The summed E-state index contributed by atoms with van der Waals surface area (Å²) < 4.78 is 11.4. The molecule has 20 heavy (non-hydrogen) atoms. The molecule has 1 N–H and O–H groups in total. The number of thiophene rings is 1. The molecule has 4 nitrogen and oxygen atoms in total. The summed E-state index contributed by atoms with van der Waals surface area (Å²) in [4.78, 5) is 11.2. The summed E-state index contributed by atoms with van der Waals surface area (Å²) in [6.45, 7) is 2.40. The molecule has 3 rings (SSSR count). The lowest BCUT2D eigenvalue weighted by atomic mass is 10.1. The molecule has 0 saturated heterocycles. The third kappa shape index (κ3) is 2.49. The van der Waals surface area contributed by atoms with Crippen LogP contribution in [-0.4, -0.2) is 23.8 Å². The minimum absolute atomic E-state index is 0.0617. The zero-order chi connectivity index (χ0) is 14.1. The molecule has 0 fully saturated rings. The third-order valence-electron chi connectivity index (χ3n) is 3.21. The maximum absolute atomic E-state index is 11.0. The Balaban J connectivity index is 1.64. The minimum atomic E-state index is -0.957. The normalized spacial score (nSPS) is 16.6. The molecule has 1 unspecified atom stereocenters. The summed E-state index contributed by atoms with van der Waals surface area (Å²) in [7, 11) is 0. The fourth-order valence-electron chi connectivity index (χ4n) is 2.29. The van der Waals surface area contributed by atoms with E-state index in [2.05, 4.69) is 13.0 Å². The number of benzene rings is 1. The van der Waals surface area contributed by atoms with Gasteiger partial charge < -0.3 is 14.6 Å². The standard InChI is InChI=1S/C15H14O4S/c1-9-2-3-12-10(6-9)7-11(19-12)8-18-13-4-5-20-14(13)15(16)17/h2-6,11H,7-8H2,1H3,(H,16,17). The van der Waals surface area contributed by atoms with E-state index in [0.29, 0.717) is 12.4 Å². The molecular formula is C15H14O4S. The summed E-state index contributed by atoms with van der Waals surface area (Å²) in [5.41, 5.74) is 2.39. The molecule has 2 heterocycles. The number of carbonyl (C=O) groups is 1. The fourth-order valence-corrected chi connectivity index (χ4v) is 2.96. The number of rotatable bonds is 4. The summed E-state index contributed by atoms with van der Waals surface area (Å²) >= 11 is 1.16. The minimum Gasteiger partial charge on any atom is -0.488 e. The molecule has 1 aromatic heterocycles. The van der Waals surface area contributed by atoms with Crippen LogP contribution in [0.3, 0.4) is 0 Å². The molecule has 2 aromatic rings. The smallest absolute Gasteiger partial charge is 0.349 e. The first-order chi connectivity index (χ1) is 9.63. The highest BCUT2D eigenvalue weighted by Crippen LogP contribution is 2.30. The van der Waals surface area contributed by atoms with Gasteiger partial charge in [-0.3, -0.25) is 0 Å². The van der Waals surface area contributed by atoms with E-state index >= 15 is 0 Å². The van der Waals surface area contributed by atoms with E-state index < -0.39 is 5.97 Å². The average molecular weight is 290 g/mol. The number of hydrogen-bond acceptors (Lipinski definition) is 4. The maximum atomic E-state index is 11.0. The van der Waals surface area contributed by atoms with Crippen LogP contribution in [-0.2, 0) is 6.42 Å². The molecule has 0 aliphatic carbocycles. The van der Waals surface area contributed by atoms with Crippen molar-refractivity contribution in [3.05, 3.63) is 45.6 Å². The number of ether oxygens (including phenoxy) is 2. The number of fused-ring (bicyclic) bond motifs is 1. The zero-order valence-electron chi connectivity index (χ0n) is 11.0. The Bertz CT molecular complexity index is 647. The van der Waals surface area contributed by atoms with Crippen LogP contribution in [0, 0.1) is 6.92 Å². The van der Waals surface area contributed by atoms with Crippen LogP contribution in [0.2, 0.25) is 0 Å². The predicted octanol–water partition coefficient (Wildman–Crippen LogP) is 3.14. The predicted molar refractivity (Wildman–Crippen MR) is 76.1 cm³/mol. The summed E-state index contributed by atoms with van der Waals surface area (Å²) in [6.07, 6.45) is 0.733. The second-order valence-corrected chi connectivity index (χ2v) is 5.70. The molecule has 0 amide bonds. The van der Waals surface area contributed by atoms with Gasteiger partial charge in [-0.15, -0.1) is 11.3 Å². The second kappa shape index (κ2) is 5.17. The molecule has 1 atom stereocenters. The number of hydrogen-bond donors (Lipinski definition) is 1. The van der Waals surface area contributed by atoms with Gasteiger partial charge in [0.25, 0.3) is 0 Å². The van der Waals surface area contributed by atoms with Crippen LogP contribution in [0.1, 0.15) is 20.8 Å². The Morgan fingerprint density at radius 1 is 1.50 bits per heavy atom. The van der Waals surface area contributed by atoms with Crippen molar-refractivity contribution in [2.24, 2.45) is 0 Å². The van der Waals surface area contributed by atoms with Gasteiger partial charge in [0, 0.05) is 6.42 Å². The van der Waals surface area contributed by atoms with Gasteiger partial charge in [-0.25, -0.2) is 4.79 Å². The summed E-state index contributed by atoms with van der Waals surface area (Å²) in [5.74, 6) is 0.354. The van der Waals surface area contributed by atoms with Gasteiger partial charge in [-0.05, 0) is 30.0 Å². The average Bonchev–Trinajstić information content (AvgIpc) is 3.01. The molecule has 5 heteroatoms. The Hall–Kier alpha value is -2.01. The first kappa shape index (κ1) is 13.0. The molecule has 0 radical (unpaired) electrons. The monoisotopic (exact) mass is 290 g/mol. The maximum Gasteiger partial charge on any atom is 0.349 e. The van der Waals surface area contributed by atoms with Crippen LogP contribution in [0.4, 0.5) is 0 Å². The van der Waals surface area contributed by atoms with E-state index in [1.807, 2.05) is 12.1 Å². The zero-order valence-corrected chi connectivity index (χ0v) is 11.8. The van der Waals surface area contributed by atoms with Gasteiger partial charge in [0.2, 0.25) is 0 Å². The second-order valence-electron chi connectivity index (χ2n) is 4.79. The van der Waals surface area contributed by atoms with Crippen molar-refractivity contribution in [1.29, 1.82) is 0 Å². The molecule has 0 saturated carbocycles. The van der Waals surface area contributed by atoms with E-state index in [-0.39, 0.29) is 11.0 Å². The summed E-state index contributed by atoms with van der Waals surface area (Å²) in [5, 5.41) is 10.7. The summed E-state index contributed by atoms with van der Waals surface area (Å²) in [6, 6.07) is 7.78. The van der Waals surface area contributed by atoms with Crippen LogP contribution >= 0.6 is 11.3 Å². The van der Waals surface area contributed by atoms with Gasteiger partial charge in [0.1, 0.15) is 24.2 Å². The van der Waals surface area contributed by atoms with E-state index in [1.54, 1.807) is 11.4 Å². The van der Waals surface area contributed by atoms with Crippen molar-refractivity contribution >= 4 is 17.3 Å². The lowest BCUT2D eigenvalue weighted by molar-refractivity contribution is 0.0694. The number of carboxylic acids is 1. The van der Waals surface area contributed by atoms with Gasteiger partial charge in [-0.1, -0.05) is 17.7 Å². The van der Waals surface area contributed by atoms with Crippen molar-refractivity contribution in [3.8, 4) is 11.5 Å². The first-order valence-corrected chi connectivity index (χ1v) is 7.21. The van der Waals surface area contributed by atoms with Crippen LogP contribution in [0.25, 0.3) is 0 Å². The molecule has 1 aliphatic rings.